The molecule has 0 N–H and O–H groups in total. The number of hydrogen-bond donors (Lipinski definition) is 0. The van der Waals surface area contributed by atoms with Crippen LogP contribution in [-0.4, -0.2) is 34.6 Å². The van der Waals surface area contributed by atoms with Crippen LogP contribution in [0.1, 0.15) is 25.3 Å². The van der Waals surface area contributed by atoms with Gasteiger partial charge in [0.1, 0.15) is 12.4 Å². The minimum absolute atomic E-state index is 0.0437. The Bertz CT molecular complexity index is 281. The Balaban J connectivity index is 2.09. The van der Waals surface area contributed by atoms with Crippen LogP contribution < -0.4 is 0 Å². The number of aryl methyl sites for hydroxylation is 1. The number of hydrogen-bond acceptors (Lipinski definition) is 4. The number of nitrogens with zero attached hydrogens (tertiary/aromatic N) is 3. The van der Waals surface area contributed by atoms with Gasteiger partial charge in [-0.15, -0.1) is 10.2 Å². The molecule has 5 nitrogen and oxygen atoms in total. The first kappa shape index (κ1) is 9.61. The summed E-state index contributed by atoms with van der Waals surface area (Å²) in [4.78, 5) is 0. The third-order valence-corrected chi connectivity index (χ3v) is 2.21. The maximum atomic E-state index is 5.56. The van der Waals surface area contributed by atoms with E-state index in [9.17, 15) is 0 Å². The van der Waals surface area contributed by atoms with Crippen LogP contribution in [0.3, 0.4) is 0 Å². The van der Waals surface area contributed by atoms with E-state index in [0.29, 0.717) is 19.8 Å². The summed E-state index contributed by atoms with van der Waals surface area (Å²) in [7, 11) is 0. The lowest BCUT2D eigenvalue weighted by Crippen LogP contribution is -2.24. The van der Waals surface area contributed by atoms with Crippen molar-refractivity contribution in [3.8, 4) is 0 Å². The molecule has 0 bridgehead atoms. The Morgan fingerprint density at radius 2 is 2.50 bits per heavy atom. The second kappa shape index (κ2) is 4.52. The zero-order valence-electron chi connectivity index (χ0n) is 8.35. The van der Waals surface area contributed by atoms with Crippen LogP contribution in [0, 0.1) is 0 Å². The average molecular weight is 197 g/mol. The molecular formula is C9H15N3O2. The summed E-state index contributed by atoms with van der Waals surface area (Å²) in [6.07, 6.45) is 2.77. The van der Waals surface area contributed by atoms with Gasteiger partial charge >= 0.3 is 0 Å². The summed E-state index contributed by atoms with van der Waals surface area (Å²) in [6, 6.07) is 0. The summed E-state index contributed by atoms with van der Waals surface area (Å²) >= 11 is 0. The van der Waals surface area contributed by atoms with E-state index in [0.717, 1.165) is 18.8 Å². The molecular weight excluding hydrogens is 182 g/mol. The average Bonchev–Trinajstić information content (AvgIpc) is 2.68. The van der Waals surface area contributed by atoms with E-state index < -0.39 is 0 Å². The van der Waals surface area contributed by atoms with Crippen molar-refractivity contribution in [3.63, 3.8) is 0 Å². The van der Waals surface area contributed by atoms with Gasteiger partial charge in [0, 0.05) is 6.54 Å². The van der Waals surface area contributed by atoms with E-state index in [1.54, 1.807) is 6.33 Å². The van der Waals surface area contributed by atoms with Crippen molar-refractivity contribution in [1.82, 2.24) is 14.8 Å². The maximum absolute atomic E-state index is 5.56. The van der Waals surface area contributed by atoms with Crippen LogP contribution >= 0.6 is 0 Å². The van der Waals surface area contributed by atoms with Gasteiger partial charge in [0.15, 0.2) is 5.82 Å². The predicted molar refractivity (Wildman–Crippen MR) is 49.8 cm³/mol. The maximum Gasteiger partial charge on any atom is 0.164 e. The molecule has 0 saturated carbocycles. The highest BCUT2D eigenvalue weighted by molar-refractivity contribution is 4.92. The molecule has 1 aliphatic rings. The van der Waals surface area contributed by atoms with Gasteiger partial charge in [0.05, 0.1) is 19.8 Å². The molecule has 1 saturated heterocycles. The third kappa shape index (κ3) is 1.93. The minimum Gasteiger partial charge on any atom is -0.376 e. The molecule has 14 heavy (non-hydrogen) atoms. The molecule has 2 heterocycles. The highest BCUT2D eigenvalue weighted by Gasteiger charge is 2.21. The fourth-order valence-corrected chi connectivity index (χ4v) is 1.56. The van der Waals surface area contributed by atoms with Gasteiger partial charge in [-0.25, -0.2) is 0 Å². The van der Waals surface area contributed by atoms with Gasteiger partial charge in [-0.3, -0.25) is 0 Å². The van der Waals surface area contributed by atoms with Crippen molar-refractivity contribution in [2.75, 3.05) is 19.8 Å². The zero-order chi connectivity index (χ0) is 9.80. The molecule has 0 radical (unpaired) electrons. The summed E-state index contributed by atoms with van der Waals surface area (Å²) in [6.45, 7) is 4.97. The molecule has 2 rings (SSSR count). The molecule has 5 heteroatoms. The first-order valence-electron chi connectivity index (χ1n) is 4.99. The van der Waals surface area contributed by atoms with E-state index in [4.69, 9.17) is 9.47 Å². The molecule has 0 aromatic carbocycles. The molecule has 0 aliphatic carbocycles. The summed E-state index contributed by atoms with van der Waals surface area (Å²) in [5.41, 5.74) is 0. The lowest BCUT2D eigenvalue weighted by molar-refractivity contribution is -0.0948. The largest absolute Gasteiger partial charge is 0.376 e. The number of aromatic nitrogens is 3. The minimum atomic E-state index is -0.0437. The Hall–Kier alpha value is -0.940. The molecule has 1 fully saturated rings. The van der Waals surface area contributed by atoms with E-state index in [-0.39, 0.29) is 6.10 Å². The Labute approximate surface area is 83.0 Å². The quantitative estimate of drug-likeness (QED) is 0.718. The zero-order valence-corrected chi connectivity index (χ0v) is 8.35. The van der Waals surface area contributed by atoms with E-state index in [1.165, 1.54) is 0 Å². The SMILES string of the molecule is CCCn1cnnc1C1COCCO1. The van der Waals surface area contributed by atoms with Crippen LogP contribution in [0.15, 0.2) is 6.33 Å². The van der Waals surface area contributed by atoms with Crippen molar-refractivity contribution in [3.05, 3.63) is 12.2 Å². The van der Waals surface area contributed by atoms with Crippen molar-refractivity contribution >= 4 is 0 Å². The predicted octanol–water partition coefficient (Wildman–Crippen LogP) is 0.776. The van der Waals surface area contributed by atoms with Gasteiger partial charge in [0.2, 0.25) is 0 Å². The second-order valence-corrected chi connectivity index (χ2v) is 3.32. The van der Waals surface area contributed by atoms with Gasteiger partial charge in [0.25, 0.3) is 0 Å². The molecule has 1 unspecified atom stereocenters. The standard InChI is InChI=1S/C9H15N3O2/c1-2-3-12-7-10-11-9(12)8-6-13-4-5-14-8/h7-8H,2-6H2,1H3. The highest BCUT2D eigenvalue weighted by Crippen LogP contribution is 2.18. The molecule has 0 spiro atoms. The van der Waals surface area contributed by atoms with Crippen molar-refractivity contribution in [1.29, 1.82) is 0 Å². The van der Waals surface area contributed by atoms with Crippen LogP contribution in [0.5, 0.6) is 0 Å². The lowest BCUT2D eigenvalue weighted by atomic mass is 10.3. The Kier molecular flexibility index (Phi) is 3.10. The first-order chi connectivity index (χ1) is 6.92. The monoisotopic (exact) mass is 197 g/mol. The number of ether oxygens (including phenoxy) is 2. The van der Waals surface area contributed by atoms with Gasteiger partial charge in [-0.05, 0) is 6.42 Å². The highest BCUT2D eigenvalue weighted by atomic mass is 16.6. The summed E-state index contributed by atoms with van der Waals surface area (Å²) in [5.74, 6) is 0.881. The van der Waals surface area contributed by atoms with Gasteiger partial charge < -0.3 is 14.0 Å². The topological polar surface area (TPSA) is 49.2 Å². The Morgan fingerprint density at radius 1 is 1.57 bits per heavy atom. The molecule has 0 amide bonds. The van der Waals surface area contributed by atoms with Crippen LogP contribution in [0.2, 0.25) is 0 Å². The van der Waals surface area contributed by atoms with Crippen LogP contribution in [-0.2, 0) is 16.0 Å². The molecule has 1 aliphatic heterocycles. The summed E-state index contributed by atoms with van der Waals surface area (Å²) in [5, 5.41) is 7.96. The second-order valence-electron chi connectivity index (χ2n) is 3.32. The van der Waals surface area contributed by atoms with Crippen LogP contribution in [0.25, 0.3) is 0 Å². The van der Waals surface area contributed by atoms with Crippen LogP contribution in [0.4, 0.5) is 0 Å². The molecule has 1 aromatic rings. The van der Waals surface area contributed by atoms with Crippen molar-refractivity contribution in [2.45, 2.75) is 26.0 Å². The first-order valence-corrected chi connectivity index (χ1v) is 4.99. The fraction of sp³-hybridized carbons (Fsp3) is 0.778. The lowest BCUT2D eigenvalue weighted by Gasteiger charge is -2.22. The van der Waals surface area contributed by atoms with E-state index >= 15 is 0 Å². The molecule has 1 aromatic heterocycles. The van der Waals surface area contributed by atoms with Gasteiger partial charge in [-0.2, -0.15) is 0 Å². The van der Waals surface area contributed by atoms with E-state index in [2.05, 4.69) is 17.1 Å². The van der Waals surface area contributed by atoms with Gasteiger partial charge in [-0.1, -0.05) is 6.92 Å². The summed E-state index contributed by atoms with van der Waals surface area (Å²) < 4.78 is 12.9. The number of rotatable bonds is 3. The fourth-order valence-electron chi connectivity index (χ4n) is 1.56. The molecule has 1 atom stereocenters. The third-order valence-electron chi connectivity index (χ3n) is 2.21. The van der Waals surface area contributed by atoms with Crippen molar-refractivity contribution < 1.29 is 9.47 Å². The molecule has 78 valence electrons. The smallest absolute Gasteiger partial charge is 0.164 e. The van der Waals surface area contributed by atoms with Crippen molar-refractivity contribution in [2.24, 2.45) is 0 Å². The Morgan fingerprint density at radius 3 is 3.21 bits per heavy atom. The normalized spacial score (nSPS) is 22.5. The van der Waals surface area contributed by atoms with E-state index in [1.807, 2.05) is 4.57 Å².